The first-order valence-corrected chi connectivity index (χ1v) is 9.66. The maximum Gasteiger partial charge on any atom is 0.149 e. The van der Waals surface area contributed by atoms with Crippen LogP contribution in [0.4, 0.5) is 5.69 Å². The highest BCUT2D eigenvalue weighted by Gasteiger charge is 2.19. The zero-order valence-corrected chi connectivity index (χ0v) is 15.9. The van der Waals surface area contributed by atoms with E-state index in [1.165, 1.54) is 22.2 Å². The Morgan fingerprint density at radius 1 is 1.11 bits per heavy atom. The van der Waals surface area contributed by atoms with E-state index >= 15 is 0 Å². The smallest absolute Gasteiger partial charge is 0.149 e. The number of benzene rings is 2. The summed E-state index contributed by atoms with van der Waals surface area (Å²) in [7, 11) is 0. The van der Waals surface area contributed by atoms with E-state index in [4.69, 9.17) is 11.7 Å². The fourth-order valence-corrected chi connectivity index (χ4v) is 3.82. The number of hydrogen-bond acceptors (Lipinski definition) is 5. The van der Waals surface area contributed by atoms with Crippen LogP contribution in [-0.2, 0) is 0 Å². The number of hydrazine groups is 1. The standard InChI is InChI=1S/C21H27N7/c22-26-21(27-23)14-24-17-8-10-28(11-9-17)18-6-3-5-15(12-18)20-13-16-4-1-2-7-19(16)25-20/h1-7,12-13,17,24-25H,8-11,14,22-23H2,(H,26,27). The Bertz CT molecular complexity index is 921. The van der Waals surface area contributed by atoms with Gasteiger partial charge in [0.2, 0.25) is 0 Å². The van der Waals surface area contributed by atoms with Crippen LogP contribution in [0.2, 0.25) is 0 Å². The molecule has 0 spiro atoms. The van der Waals surface area contributed by atoms with Crippen LogP contribution >= 0.6 is 0 Å². The third kappa shape index (κ3) is 3.95. The van der Waals surface area contributed by atoms with E-state index in [0.717, 1.165) is 31.6 Å². The number of para-hydroxylation sites is 1. The van der Waals surface area contributed by atoms with Gasteiger partial charge in [-0.2, -0.15) is 5.10 Å². The highest BCUT2D eigenvalue weighted by molar-refractivity contribution is 5.86. The number of aromatic amines is 1. The van der Waals surface area contributed by atoms with Crippen LogP contribution in [0.5, 0.6) is 0 Å². The topological polar surface area (TPSA) is 107 Å². The van der Waals surface area contributed by atoms with Gasteiger partial charge in [0, 0.05) is 41.4 Å². The van der Waals surface area contributed by atoms with Crippen molar-refractivity contribution >= 4 is 22.4 Å². The molecule has 0 radical (unpaired) electrons. The maximum absolute atomic E-state index is 5.37. The minimum atomic E-state index is 0.443. The molecule has 4 rings (SSSR count). The van der Waals surface area contributed by atoms with Crippen LogP contribution in [0, 0.1) is 0 Å². The summed E-state index contributed by atoms with van der Waals surface area (Å²) in [6.07, 6.45) is 2.14. The Labute approximate surface area is 164 Å². The molecule has 146 valence electrons. The molecule has 7 nitrogen and oxygen atoms in total. The van der Waals surface area contributed by atoms with Gasteiger partial charge in [0.25, 0.3) is 0 Å². The average molecular weight is 377 g/mol. The number of hydrazone groups is 1. The van der Waals surface area contributed by atoms with Crippen LogP contribution in [-0.4, -0.2) is 36.5 Å². The first-order chi connectivity index (χ1) is 13.8. The lowest BCUT2D eigenvalue weighted by atomic mass is 10.0. The van der Waals surface area contributed by atoms with Crippen molar-refractivity contribution in [1.29, 1.82) is 0 Å². The molecular weight excluding hydrogens is 350 g/mol. The molecule has 2 aromatic carbocycles. The van der Waals surface area contributed by atoms with E-state index in [2.05, 4.69) is 80.3 Å². The molecule has 0 saturated carbocycles. The summed E-state index contributed by atoms with van der Waals surface area (Å²) in [4.78, 5) is 5.97. The first kappa shape index (κ1) is 18.3. The lowest BCUT2D eigenvalue weighted by molar-refractivity contribution is 0.432. The molecule has 0 aliphatic carbocycles. The largest absolute Gasteiger partial charge is 0.371 e. The van der Waals surface area contributed by atoms with Crippen molar-refractivity contribution in [2.75, 3.05) is 24.5 Å². The Kier molecular flexibility index (Phi) is 5.45. The van der Waals surface area contributed by atoms with Crippen LogP contribution in [0.3, 0.4) is 0 Å². The molecule has 0 bridgehead atoms. The van der Waals surface area contributed by atoms with Crippen molar-refractivity contribution < 1.29 is 0 Å². The third-order valence-electron chi connectivity index (χ3n) is 5.43. The molecule has 0 unspecified atom stereocenters. The van der Waals surface area contributed by atoms with Gasteiger partial charge in [-0.15, -0.1) is 0 Å². The number of nitrogens with zero attached hydrogens (tertiary/aromatic N) is 2. The summed E-state index contributed by atoms with van der Waals surface area (Å²) in [6.45, 7) is 2.59. The summed E-state index contributed by atoms with van der Waals surface area (Å²) in [5.41, 5.74) is 7.31. The van der Waals surface area contributed by atoms with Gasteiger partial charge in [0.15, 0.2) is 0 Å². The maximum atomic E-state index is 5.37. The molecule has 1 fully saturated rings. The predicted octanol–water partition coefficient (Wildman–Crippen LogP) is 2.13. The van der Waals surface area contributed by atoms with Gasteiger partial charge in [-0.25, -0.2) is 5.84 Å². The number of amidine groups is 1. The number of nitrogens with one attached hydrogen (secondary N) is 3. The van der Waals surface area contributed by atoms with E-state index in [-0.39, 0.29) is 0 Å². The lowest BCUT2D eigenvalue weighted by Crippen LogP contribution is -2.47. The quantitative estimate of drug-likeness (QED) is 0.203. The molecule has 28 heavy (non-hydrogen) atoms. The number of hydrogen-bond donors (Lipinski definition) is 5. The van der Waals surface area contributed by atoms with Crippen LogP contribution in [0.25, 0.3) is 22.2 Å². The lowest BCUT2D eigenvalue weighted by Gasteiger charge is -2.34. The Balaban J connectivity index is 1.41. The molecule has 1 aliphatic rings. The molecule has 0 amide bonds. The van der Waals surface area contributed by atoms with Crippen LogP contribution < -0.4 is 27.3 Å². The van der Waals surface area contributed by atoms with Gasteiger partial charge in [0.05, 0.1) is 6.54 Å². The van der Waals surface area contributed by atoms with E-state index in [1.54, 1.807) is 0 Å². The van der Waals surface area contributed by atoms with E-state index < -0.39 is 0 Å². The number of rotatable bonds is 5. The van der Waals surface area contributed by atoms with Crippen molar-refractivity contribution in [1.82, 2.24) is 15.7 Å². The van der Waals surface area contributed by atoms with Crippen LogP contribution in [0.1, 0.15) is 12.8 Å². The number of nitrogens with two attached hydrogens (primary N) is 2. The summed E-state index contributed by atoms with van der Waals surface area (Å²) in [5, 5.41) is 8.31. The van der Waals surface area contributed by atoms with Crippen molar-refractivity contribution in [3.05, 3.63) is 54.6 Å². The van der Waals surface area contributed by atoms with E-state index in [1.807, 2.05) is 0 Å². The SMILES string of the molecule is N/N=C(/CNC1CCN(c2cccc(-c3cc4ccccc4[nH]3)c2)CC1)NN. The normalized spacial score (nSPS) is 15.9. The number of piperidine rings is 1. The van der Waals surface area contributed by atoms with Gasteiger partial charge in [-0.05, 0) is 42.7 Å². The number of fused-ring (bicyclic) bond motifs is 1. The number of H-pyrrole nitrogens is 1. The summed E-state index contributed by atoms with van der Waals surface area (Å²) in [5.74, 6) is 11.2. The van der Waals surface area contributed by atoms with E-state index in [9.17, 15) is 0 Å². The van der Waals surface area contributed by atoms with E-state index in [0.29, 0.717) is 18.4 Å². The third-order valence-corrected chi connectivity index (χ3v) is 5.43. The minimum Gasteiger partial charge on any atom is -0.371 e. The van der Waals surface area contributed by atoms with Crippen molar-refractivity contribution in [2.45, 2.75) is 18.9 Å². The molecule has 2 heterocycles. The second kappa shape index (κ2) is 8.33. The molecule has 3 aromatic rings. The Morgan fingerprint density at radius 2 is 1.93 bits per heavy atom. The minimum absolute atomic E-state index is 0.443. The van der Waals surface area contributed by atoms with Gasteiger partial charge < -0.3 is 26.5 Å². The monoisotopic (exact) mass is 377 g/mol. The fourth-order valence-electron chi connectivity index (χ4n) is 3.82. The van der Waals surface area contributed by atoms with Gasteiger partial charge in [0.1, 0.15) is 5.84 Å². The average Bonchev–Trinajstić information content (AvgIpc) is 3.19. The molecular formula is C21H27N7. The van der Waals surface area contributed by atoms with Crippen molar-refractivity contribution in [3.63, 3.8) is 0 Å². The van der Waals surface area contributed by atoms with Crippen molar-refractivity contribution in [2.24, 2.45) is 16.8 Å². The number of anilines is 1. The highest BCUT2D eigenvalue weighted by Crippen LogP contribution is 2.28. The molecule has 7 heteroatoms. The molecule has 0 atom stereocenters. The fraction of sp³-hybridized carbons (Fsp3) is 0.286. The molecule has 1 aliphatic heterocycles. The van der Waals surface area contributed by atoms with Crippen LogP contribution in [0.15, 0.2) is 59.7 Å². The molecule has 7 N–H and O–H groups in total. The summed E-state index contributed by atoms with van der Waals surface area (Å²) < 4.78 is 0. The summed E-state index contributed by atoms with van der Waals surface area (Å²) >= 11 is 0. The molecule has 1 saturated heterocycles. The zero-order chi connectivity index (χ0) is 19.3. The second-order valence-corrected chi connectivity index (χ2v) is 7.18. The van der Waals surface area contributed by atoms with Crippen molar-refractivity contribution in [3.8, 4) is 11.3 Å². The van der Waals surface area contributed by atoms with Gasteiger partial charge in [-0.1, -0.05) is 30.3 Å². The number of aromatic nitrogens is 1. The zero-order valence-electron chi connectivity index (χ0n) is 15.9. The Hall–Kier alpha value is -3.03. The first-order valence-electron chi connectivity index (χ1n) is 9.66. The van der Waals surface area contributed by atoms with Gasteiger partial charge in [-0.3, -0.25) is 0 Å². The second-order valence-electron chi connectivity index (χ2n) is 7.18. The Morgan fingerprint density at radius 3 is 2.68 bits per heavy atom. The molecule has 1 aromatic heterocycles. The summed E-state index contributed by atoms with van der Waals surface area (Å²) in [6, 6.07) is 19.8. The predicted molar refractivity (Wildman–Crippen MR) is 116 cm³/mol. The van der Waals surface area contributed by atoms with Gasteiger partial charge >= 0.3 is 0 Å². The highest BCUT2D eigenvalue weighted by atomic mass is 15.3.